The Morgan fingerprint density at radius 2 is 1.90 bits per heavy atom. The number of nitrogens with one attached hydrogen (secondary N) is 1. The van der Waals surface area contributed by atoms with Crippen LogP contribution < -0.4 is 10.5 Å². The van der Waals surface area contributed by atoms with Gasteiger partial charge in [0.25, 0.3) is 10.0 Å². The normalized spacial score (nSPS) is 10.8. The first-order valence-electron chi connectivity index (χ1n) is 5.51. The maximum Gasteiger partial charge on any atom is 0.265 e. The van der Waals surface area contributed by atoms with Gasteiger partial charge in [-0.2, -0.15) is 5.26 Å². The Bertz CT molecular complexity index is 777. The summed E-state index contributed by atoms with van der Waals surface area (Å²) in [5.41, 5.74) is 6.33. The van der Waals surface area contributed by atoms with Gasteiger partial charge < -0.3 is 5.73 Å². The molecular weight excluding hydrogens is 298 g/mol. The average molecular weight is 308 g/mol. The summed E-state index contributed by atoms with van der Waals surface area (Å²) in [7, 11) is -3.92. The SMILES string of the molecule is N#Cc1cccc(NS(=O)(=O)c2c(N)cccc2Cl)c1. The molecule has 2 rings (SSSR count). The quantitative estimate of drug-likeness (QED) is 0.852. The van der Waals surface area contributed by atoms with Gasteiger partial charge in [-0.1, -0.05) is 23.7 Å². The molecule has 5 nitrogen and oxygen atoms in total. The summed E-state index contributed by atoms with van der Waals surface area (Å²) in [5.74, 6) is 0. The van der Waals surface area contributed by atoms with E-state index in [0.29, 0.717) is 5.56 Å². The van der Waals surface area contributed by atoms with E-state index in [0.717, 1.165) is 0 Å². The van der Waals surface area contributed by atoms with Gasteiger partial charge in [-0.25, -0.2) is 8.42 Å². The van der Waals surface area contributed by atoms with Gasteiger partial charge in [0.1, 0.15) is 4.90 Å². The zero-order valence-electron chi connectivity index (χ0n) is 10.2. The van der Waals surface area contributed by atoms with E-state index in [1.807, 2.05) is 6.07 Å². The third kappa shape index (κ3) is 2.85. The van der Waals surface area contributed by atoms with E-state index in [2.05, 4.69) is 4.72 Å². The van der Waals surface area contributed by atoms with Crippen LogP contribution in [-0.4, -0.2) is 8.42 Å². The van der Waals surface area contributed by atoms with Crippen molar-refractivity contribution in [1.82, 2.24) is 0 Å². The van der Waals surface area contributed by atoms with Crippen molar-refractivity contribution in [2.45, 2.75) is 4.90 Å². The summed E-state index contributed by atoms with van der Waals surface area (Å²) in [6, 6.07) is 12.5. The van der Waals surface area contributed by atoms with E-state index in [1.54, 1.807) is 18.2 Å². The fraction of sp³-hybridized carbons (Fsp3) is 0. The predicted octanol–water partition coefficient (Wildman–Crippen LogP) is 2.59. The van der Waals surface area contributed by atoms with E-state index in [9.17, 15) is 8.42 Å². The fourth-order valence-corrected chi connectivity index (χ4v) is 3.40. The van der Waals surface area contributed by atoms with Crippen LogP contribution in [0.2, 0.25) is 5.02 Å². The number of anilines is 2. The smallest absolute Gasteiger partial charge is 0.265 e. The van der Waals surface area contributed by atoms with Crippen molar-refractivity contribution < 1.29 is 8.42 Å². The van der Waals surface area contributed by atoms with Crippen molar-refractivity contribution in [3.63, 3.8) is 0 Å². The lowest BCUT2D eigenvalue weighted by atomic mass is 10.2. The van der Waals surface area contributed by atoms with Crippen molar-refractivity contribution >= 4 is 33.0 Å². The summed E-state index contributed by atoms with van der Waals surface area (Å²) in [6.07, 6.45) is 0. The zero-order valence-corrected chi connectivity index (χ0v) is 11.7. The Morgan fingerprint density at radius 3 is 2.55 bits per heavy atom. The van der Waals surface area contributed by atoms with Crippen LogP contribution in [-0.2, 0) is 10.0 Å². The van der Waals surface area contributed by atoms with Gasteiger partial charge in [0, 0.05) is 0 Å². The molecule has 0 spiro atoms. The minimum absolute atomic E-state index is 0.0361. The number of hydrogen-bond acceptors (Lipinski definition) is 4. The van der Waals surface area contributed by atoms with Crippen LogP contribution in [0.15, 0.2) is 47.4 Å². The molecule has 0 amide bonds. The second-order valence-corrected chi connectivity index (χ2v) is 5.98. The number of benzene rings is 2. The van der Waals surface area contributed by atoms with E-state index in [-0.39, 0.29) is 21.3 Å². The highest BCUT2D eigenvalue weighted by atomic mass is 35.5. The first-order chi connectivity index (χ1) is 9.44. The van der Waals surface area contributed by atoms with Gasteiger partial charge in [0.05, 0.1) is 28.0 Å². The number of sulfonamides is 1. The lowest BCUT2D eigenvalue weighted by Crippen LogP contribution is -2.15. The number of nitriles is 1. The molecule has 0 fully saturated rings. The molecule has 7 heteroatoms. The molecule has 0 aliphatic carbocycles. The molecule has 0 aliphatic heterocycles. The largest absolute Gasteiger partial charge is 0.398 e. The number of nitrogen functional groups attached to an aromatic ring is 1. The molecule has 2 aromatic rings. The van der Waals surface area contributed by atoms with E-state index >= 15 is 0 Å². The van der Waals surface area contributed by atoms with E-state index < -0.39 is 10.0 Å². The van der Waals surface area contributed by atoms with Crippen LogP contribution in [0.3, 0.4) is 0 Å². The predicted molar refractivity (Wildman–Crippen MR) is 77.8 cm³/mol. The molecule has 0 aliphatic rings. The van der Waals surface area contributed by atoms with E-state index in [4.69, 9.17) is 22.6 Å². The van der Waals surface area contributed by atoms with Gasteiger partial charge in [0.2, 0.25) is 0 Å². The lowest BCUT2D eigenvalue weighted by molar-refractivity contribution is 0.601. The van der Waals surface area contributed by atoms with Crippen LogP contribution in [0.4, 0.5) is 11.4 Å². The van der Waals surface area contributed by atoms with Gasteiger partial charge in [-0.3, -0.25) is 4.72 Å². The maximum atomic E-state index is 12.3. The van der Waals surface area contributed by atoms with Crippen molar-refractivity contribution in [3.8, 4) is 6.07 Å². The zero-order chi connectivity index (χ0) is 14.8. The third-order valence-corrected chi connectivity index (χ3v) is 4.43. The summed E-state index contributed by atoms with van der Waals surface area (Å²) < 4.78 is 26.9. The second kappa shape index (κ2) is 5.41. The van der Waals surface area contributed by atoms with Gasteiger partial charge in [-0.15, -0.1) is 0 Å². The van der Waals surface area contributed by atoms with Gasteiger partial charge in [0.15, 0.2) is 0 Å². The topological polar surface area (TPSA) is 96.0 Å². The monoisotopic (exact) mass is 307 g/mol. The van der Waals surface area contributed by atoms with Crippen molar-refractivity contribution in [3.05, 3.63) is 53.1 Å². The molecule has 0 saturated heterocycles. The summed E-state index contributed by atoms with van der Waals surface area (Å²) >= 11 is 5.89. The van der Waals surface area contributed by atoms with Crippen molar-refractivity contribution in [2.75, 3.05) is 10.5 Å². The molecule has 0 unspecified atom stereocenters. The minimum Gasteiger partial charge on any atom is -0.398 e. The lowest BCUT2D eigenvalue weighted by Gasteiger charge is -2.11. The number of nitrogens with zero attached hydrogens (tertiary/aromatic N) is 1. The van der Waals surface area contributed by atoms with Gasteiger partial charge >= 0.3 is 0 Å². The molecule has 0 radical (unpaired) electrons. The molecule has 0 aromatic heterocycles. The molecule has 102 valence electrons. The Hall–Kier alpha value is -2.23. The highest BCUT2D eigenvalue weighted by Gasteiger charge is 2.21. The van der Waals surface area contributed by atoms with E-state index in [1.165, 1.54) is 24.3 Å². The Balaban J connectivity index is 2.44. The molecule has 0 saturated carbocycles. The van der Waals surface area contributed by atoms with Crippen LogP contribution in [0.25, 0.3) is 0 Å². The molecule has 2 aromatic carbocycles. The number of rotatable bonds is 3. The maximum absolute atomic E-state index is 12.3. The molecule has 3 N–H and O–H groups in total. The summed E-state index contributed by atoms with van der Waals surface area (Å²) in [6.45, 7) is 0. The van der Waals surface area contributed by atoms with Crippen molar-refractivity contribution in [2.24, 2.45) is 0 Å². The first-order valence-corrected chi connectivity index (χ1v) is 7.37. The Morgan fingerprint density at radius 1 is 1.20 bits per heavy atom. The number of hydrogen-bond donors (Lipinski definition) is 2. The van der Waals surface area contributed by atoms with Crippen LogP contribution >= 0.6 is 11.6 Å². The highest BCUT2D eigenvalue weighted by molar-refractivity contribution is 7.93. The van der Waals surface area contributed by atoms with Crippen LogP contribution in [0.5, 0.6) is 0 Å². The third-order valence-electron chi connectivity index (χ3n) is 2.51. The summed E-state index contributed by atoms with van der Waals surface area (Å²) in [5, 5.41) is 8.83. The minimum atomic E-state index is -3.92. The standard InChI is InChI=1S/C13H10ClN3O2S/c14-11-5-2-6-12(16)13(11)20(18,19)17-10-4-1-3-9(7-10)8-15/h1-7,17H,16H2. The second-order valence-electron chi connectivity index (χ2n) is 3.96. The van der Waals surface area contributed by atoms with Gasteiger partial charge in [-0.05, 0) is 30.3 Å². The Labute approximate surface area is 121 Å². The Kier molecular flexibility index (Phi) is 3.84. The van der Waals surface area contributed by atoms with Crippen LogP contribution in [0.1, 0.15) is 5.56 Å². The molecule has 0 bridgehead atoms. The number of nitrogens with two attached hydrogens (primary N) is 1. The fourth-order valence-electron chi connectivity index (χ4n) is 1.67. The van der Waals surface area contributed by atoms with Crippen molar-refractivity contribution in [1.29, 1.82) is 5.26 Å². The molecule has 0 atom stereocenters. The molecule has 0 heterocycles. The molecule has 20 heavy (non-hydrogen) atoms. The average Bonchev–Trinajstić information content (AvgIpc) is 2.37. The highest BCUT2D eigenvalue weighted by Crippen LogP contribution is 2.28. The first kappa shape index (κ1) is 14.2. The van der Waals surface area contributed by atoms with Crippen LogP contribution in [0, 0.1) is 11.3 Å². The summed E-state index contributed by atoms with van der Waals surface area (Å²) in [4.78, 5) is -0.177. The molecular formula is C13H10ClN3O2S. The number of halogens is 1.